The lowest BCUT2D eigenvalue weighted by molar-refractivity contribution is -0.161. The molecule has 0 aromatic rings. The van der Waals surface area contributed by atoms with Crippen LogP contribution in [0.15, 0.2) is 48.6 Å². The second kappa shape index (κ2) is 84.9. The molecule has 0 aromatic heterocycles. The molecule has 2 atom stereocenters. The van der Waals surface area contributed by atoms with E-state index >= 15 is 0 Å². The van der Waals surface area contributed by atoms with Crippen molar-refractivity contribution < 1.29 is 37.6 Å². The average molecular weight is 1410 g/mol. The van der Waals surface area contributed by atoms with Crippen molar-refractivity contribution in [2.75, 3.05) is 26.4 Å². The third-order valence-corrected chi connectivity index (χ3v) is 21.2. The first-order valence-corrected chi connectivity index (χ1v) is 45.6. The fourth-order valence-electron chi connectivity index (χ4n) is 13.8. The zero-order valence-corrected chi connectivity index (χ0v) is 67.2. The van der Waals surface area contributed by atoms with Crippen molar-refractivity contribution >= 4 is 19.8 Å². The molecular formula is C89H170NO8P. The van der Waals surface area contributed by atoms with E-state index in [1.807, 2.05) is 0 Å². The monoisotopic (exact) mass is 1410 g/mol. The van der Waals surface area contributed by atoms with Gasteiger partial charge in [-0.1, -0.05) is 461 Å². The van der Waals surface area contributed by atoms with Gasteiger partial charge in [-0.25, -0.2) is 4.57 Å². The number of unbranched alkanes of at least 4 members (excludes halogenated alkanes) is 64. The van der Waals surface area contributed by atoms with Gasteiger partial charge in [0, 0.05) is 19.4 Å². The van der Waals surface area contributed by atoms with Crippen LogP contribution in [0.1, 0.15) is 476 Å². The lowest BCUT2D eigenvalue weighted by Crippen LogP contribution is -2.29. The number of phosphoric ester groups is 1. The number of carbonyl (C=O) groups is 2. The summed E-state index contributed by atoms with van der Waals surface area (Å²) in [5, 5.41) is 0. The van der Waals surface area contributed by atoms with Crippen molar-refractivity contribution in [2.24, 2.45) is 5.73 Å². The lowest BCUT2D eigenvalue weighted by atomic mass is 10.0. The predicted octanol–water partition coefficient (Wildman–Crippen LogP) is 29.9. The zero-order chi connectivity index (χ0) is 71.5. The Labute approximate surface area is 617 Å². The maximum atomic E-state index is 12.8. The van der Waals surface area contributed by atoms with Gasteiger partial charge in [-0.2, -0.15) is 0 Å². The largest absolute Gasteiger partial charge is 0.472 e. The van der Waals surface area contributed by atoms with E-state index in [0.29, 0.717) is 6.42 Å². The van der Waals surface area contributed by atoms with Gasteiger partial charge < -0.3 is 20.1 Å². The minimum atomic E-state index is -4.40. The van der Waals surface area contributed by atoms with Crippen LogP contribution in [0.3, 0.4) is 0 Å². The van der Waals surface area contributed by atoms with E-state index < -0.39 is 26.5 Å². The first-order chi connectivity index (χ1) is 48.8. The van der Waals surface area contributed by atoms with Crippen LogP contribution >= 0.6 is 7.82 Å². The van der Waals surface area contributed by atoms with Crippen LogP contribution in [-0.2, 0) is 32.7 Å². The van der Waals surface area contributed by atoms with Crippen LogP contribution in [0.5, 0.6) is 0 Å². The number of ether oxygens (including phenoxy) is 2. The van der Waals surface area contributed by atoms with Gasteiger partial charge in [-0.15, -0.1) is 0 Å². The normalized spacial score (nSPS) is 13.0. The molecule has 584 valence electrons. The maximum Gasteiger partial charge on any atom is 0.472 e. The lowest BCUT2D eigenvalue weighted by Gasteiger charge is -2.19. The quantitative estimate of drug-likeness (QED) is 0.0264. The van der Waals surface area contributed by atoms with Gasteiger partial charge in [0.2, 0.25) is 0 Å². The van der Waals surface area contributed by atoms with Crippen molar-refractivity contribution in [2.45, 2.75) is 482 Å². The van der Waals surface area contributed by atoms with Crippen molar-refractivity contribution in [3.8, 4) is 0 Å². The summed E-state index contributed by atoms with van der Waals surface area (Å²) < 4.78 is 33.3. The average Bonchev–Trinajstić information content (AvgIpc) is 1.64. The molecule has 0 aliphatic carbocycles. The molecular weight excluding hydrogens is 1240 g/mol. The molecule has 99 heavy (non-hydrogen) atoms. The highest BCUT2D eigenvalue weighted by Crippen LogP contribution is 2.43. The third kappa shape index (κ3) is 84.8. The van der Waals surface area contributed by atoms with E-state index in [2.05, 4.69) is 62.5 Å². The van der Waals surface area contributed by atoms with Crippen molar-refractivity contribution in [3.63, 3.8) is 0 Å². The number of allylic oxidation sites excluding steroid dienone is 8. The Balaban J connectivity index is 3.69. The molecule has 0 heterocycles. The molecule has 0 radical (unpaired) electrons. The highest BCUT2D eigenvalue weighted by atomic mass is 31.2. The van der Waals surface area contributed by atoms with Crippen molar-refractivity contribution in [3.05, 3.63) is 48.6 Å². The first-order valence-electron chi connectivity index (χ1n) is 44.1. The van der Waals surface area contributed by atoms with Gasteiger partial charge in [0.1, 0.15) is 6.61 Å². The summed E-state index contributed by atoms with van der Waals surface area (Å²) in [5.74, 6) is -0.798. The molecule has 0 spiro atoms. The summed E-state index contributed by atoms with van der Waals surface area (Å²) in [6, 6.07) is 0. The smallest absolute Gasteiger partial charge is 0.462 e. The van der Waals surface area contributed by atoms with Gasteiger partial charge >= 0.3 is 19.8 Å². The minimum Gasteiger partial charge on any atom is -0.462 e. The number of nitrogens with two attached hydrogens (primary N) is 1. The van der Waals surface area contributed by atoms with Crippen LogP contribution < -0.4 is 5.73 Å². The van der Waals surface area contributed by atoms with Crippen LogP contribution in [0.4, 0.5) is 0 Å². The van der Waals surface area contributed by atoms with Crippen LogP contribution in [0.2, 0.25) is 0 Å². The molecule has 0 fully saturated rings. The number of phosphoric acid groups is 1. The molecule has 0 saturated carbocycles. The third-order valence-electron chi connectivity index (χ3n) is 20.2. The second-order valence-corrected chi connectivity index (χ2v) is 31.6. The zero-order valence-electron chi connectivity index (χ0n) is 66.3. The summed E-state index contributed by atoms with van der Waals surface area (Å²) in [4.78, 5) is 35.5. The highest BCUT2D eigenvalue weighted by Gasteiger charge is 2.26. The summed E-state index contributed by atoms with van der Waals surface area (Å²) in [6.07, 6.45) is 112. The summed E-state index contributed by atoms with van der Waals surface area (Å²) >= 11 is 0. The van der Waals surface area contributed by atoms with E-state index in [1.165, 1.54) is 385 Å². The molecule has 0 aliphatic heterocycles. The Bertz CT molecular complexity index is 1770. The Morgan fingerprint density at radius 3 is 0.828 bits per heavy atom. The van der Waals surface area contributed by atoms with Gasteiger partial charge in [0.05, 0.1) is 13.2 Å². The van der Waals surface area contributed by atoms with Crippen molar-refractivity contribution in [1.29, 1.82) is 0 Å². The van der Waals surface area contributed by atoms with Crippen molar-refractivity contribution in [1.82, 2.24) is 0 Å². The second-order valence-electron chi connectivity index (χ2n) is 30.1. The van der Waals surface area contributed by atoms with E-state index in [4.69, 9.17) is 24.3 Å². The highest BCUT2D eigenvalue weighted by molar-refractivity contribution is 7.47. The number of carbonyl (C=O) groups excluding carboxylic acids is 2. The van der Waals surface area contributed by atoms with E-state index in [1.54, 1.807) is 0 Å². The fourth-order valence-corrected chi connectivity index (χ4v) is 14.5. The van der Waals surface area contributed by atoms with Crippen LogP contribution in [0.25, 0.3) is 0 Å². The molecule has 0 saturated heterocycles. The fraction of sp³-hybridized carbons (Fsp3) is 0.888. The summed E-state index contributed by atoms with van der Waals surface area (Å²) in [7, 11) is -4.40. The molecule has 0 aromatic carbocycles. The van der Waals surface area contributed by atoms with Gasteiger partial charge in [0.25, 0.3) is 0 Å². The minimum absolute atomic E-state index is 0.0566. The Kier molecular flexibility index (Phi) is 83.2. The number of hydrogen-bond donors (Lipinski definition) is 2. The number of esters is 2. The molecule has 0 bridgehead atoms. The molecule has 3 N–H and O–H groups in total. The molecule has 2 unspecified atom stereocenters. The Hall–Kier alpha value is -2.03. The first kappa shape index (κ1) is 97.0. The van der Waals surface area contributed by atoms with Crippen LogP contribution in [-0.4, -0.2) is 49.3 Å². The topological polar surface area (TPSA) is 134 Å². The van der Waals surface area contributed by atoms with Gasteiger partial charge in [-0.3, -0.25) is 18.6 Å². The van der Waals surface area contributed by atoms with E-state index in [9.17, 15) is 19.0 Å². The maximum absolute atomic E-state index is 12.8. The number of hydrogen-bond acceptors (Lipinski definition) is 8. The number of rotatable bonds is 85. The van der Waals surface area contributed by atoms with Gasteiger partial charge in [-0.05, 0) is 51.4 Å². The Morgan fingerprint density at radius 2 is 0.556 bits per heavy atom. The van der Waals surface area contributed by atoms with E-state index in [-0.39, 0.29) is 38.6 Å². The molecule has 9 nitrogen and oxygen atoms in total. The van der Waals surface area contributed by atoms with Gasteiger partial charge in [0.15, 0.2) is 6.10 Å². The molecule has 0 aliphatic rings. The summed E-state index contributed by atoms with van der Waals surface area (Å²) in [5.41, 5.74) is 5.42. The SMILES string of the molecule is CC/C=C\C/C=C\C/C=C\C/C=C\CCCCCCCCCCCCCCCCCCCCCCCCCCC(=O)OC(COC(=O)CCCCCCCCCCCCCCCCCCCCCCCCCCCCCCCCCCCCCCCCCCC)COP(=O)(O)OCCN. The predicted molar refractivity (Wildman–Crippen MR) is 432 cm³/mol. The molecule has 0 amide bonds. The van der Waals surface area contributed by atoms with E-state index in [0.717, 1.165) is 57.8 Å². The summed E-state index contributed by atoms with van der Waals surface area (Å²) in [6.45, 7) is 3.73. The molecule has 0 rings (SSSR count). The Morgan fingerprint density at radius 1 is 0.313 bits per heavy atom. The van der Waals surface area contributed by atoms with Crippen LogP contribution in [0, 0.1) is 0 Å². The standard InChI is InChI=1S/C89H170NO8P/c1-3-5-7-9-11-13-15-17-19-21-23-25-27-29-31-33-35-37-39-41-42-43-44-46-47-49-51-53-55-57-59-61-63-65-67-69-71-73-75-77-79-81-88(91)95-85-87(86-97-99(93,94)96-84-83-90)98-89(92)82-80-78-76-74-72-70-68-66-64-62-60-58-56-54-52-50-48-45-40-38-36-34-32-30-28-26-24-22-20-18-16-14-12-10-8-6-4-2/h6,8,12,14,18,20,24,26,87H,3-5,7,9-11,13,15-17,19,21-23,25,27-86,90H2,1-2H3,(H,93,94)/b8-6-,14-12-,20-18-,26-24-. The molecule has 10 heteroatoms.